The summed E-state index contributed by atoms with van der Waals surface area (Å²) >= 11 is 11.8. The van der Waals surface area contributed by atoms with Crippen molar-refractivity contribution in [3.8, 4) is 11.5 Å². The molecule has 0 aliphatic carbocycles. The van der Waals surface area contributed by atoms with Crippen LogP contribution in [-0.4, -0.2) is 23.8 Å². The number of likely N-dealkylation sites (N-methyl/N-ethyl adjacent to an activating group) is 1. The molecule has 0 bridgehead atoms. The fraction of sp³-hybridized carbons (Fsp3) is 0.273. The Morgan fingerprint density at radius 1 is 1.24 bits per heavy atom. The molecule has 0 spiro atoms. The van der Waals surface area contributed by atoms with Crippen LogP contribution in [0.5, 0.6) is 0 Å². The molecule has 0 radical (unpaired) electrons. The van der Waals surface area contributed by atoms with E-state index in [9.17, 15) is 0 Å². The molecule has 1 aromatic heterocycles. The van der Waals surface area contributed by atoms with E-state index in [0.717, 1.165) is 12.1 Å². The maximum atomic E-state index is 5.92. The second-order valence-corrected chi connectivity index (χ2v) is 4.30. The van der Waals surface area contributed by atoms with Gasteiger partial charge in [-0.2, -0.15) is 0 Å². The van der Waals surface area contributed by atoms with Crippen molar-refractivity contribution < 1.29 is 4.42 Å². The number of rotatable bonds is 4. The van der Waals surface area contributed by atoms with Crippen molar-refractivity contribution in [1.82, 2.24) is 15.5 Å². The van der Waals surface area contributed by atoms with Gasteiger partial charge in [0.05, 0.1) is 10.0 Å². The van der Waals surface area contributed by atoms with Crippen LogP contribution in [0, 0.1) is 0 Å². The second kappa shape index (κ2) is 5.49. The van der Waals surface area contributed by atoms with E-state index in [2.05, 4.69) is 15.5 Å². The molecule has 0 amide bonds. The third-order valence-electron chi connectivity index (χ3n) is 2.22. The van der Waals surface area contributed by atoms with Crippen LogP contribution in [0.15, 0.2) is 22.6 Å². The molecule has 2 aromatic rings. The summed E-state index contributed by atoms with van der Waals surface area (Å²) in [6.07, 6.45) is 0.699. The average Bonchev–Trinajstić information content (AvgIpc) is 2.79. The third-order valence-corrected chi connectivity index (χ3v) is 2.96. The molecule has 0 saturated carbocycles. The van der Waals surface area contributed by atoms with Crippen LogP contribution in [0.25, 0.3) is 11.5 Å². The molecule has 0 saturated heterocycles. The maximum Gasteiger partial charge on any atom is 0.247 e. The van der Waals surface area contributed by atoms with Crippen LogP contribution in [0.1, 0.15) is 5.89 Å². The Morgan fingerprint density at radius 2 is 2.06 bits per heavy atom. The summed E-state index contributed by atoms with van der Waals surface area (Å²) in [6, 6.07) is 5.21. The highest BCUT2D eigenvalue weighted by atomic mass is 35.5. The first-order valence-electron chi connectivity index (χ1n) is 5.13. The van der Waals surface area contributed by atoms with Crippen LogP contribution in [-0.2, 0) is 6.42 Å². The topological polar surface area (TPSA) is 51.0 Å². The average molecular weight is 272 g/mol. The van der Waals surface area contributed by atoms with E-state index in [4.69, 9.17) is 27.6 Å². The molecule has 90 valence electrons. The van der Waals surface area contributed by atoms with Crippen LogP contribution < -0.4 is 5.32 Å². The smallest absolute Gasteiger partial charge is 0.247 e. The zero-order chi connectivity index (χ0) is 12.3. The molecule has 4 nitrogen and oxygen atoms in total. The summed E-state index contributed by atoms with van der Waals surface area (Å²) < 4.78 is 5.50. The maximum absolute atomic E-state index is 5.92. The SMILES string of the molecule is CNCCc1nnc(-c2ccc(Cl)c(Cl)c2)o1. The summed E-state index contributed by atoms with van der Waals surface area (Å²) in [5.41, 5.74) is 0.766. The van der Waals surface area contributed by atoms with Gasteiger partial charge in [-0.1, -0.05) is 23.2 Å². The highest BCUT2D eigenvalue weighted by Crippen LogP contribution is 2.27. The minimum atomic E-state index is 0.453. The van der Waals surface area contributed by atoms with E-state index in [-0.39, 0.29) is 0 Å². The second-order valence-electron chi connectivity index (χ2n) is 3.48. The van der Waals surface area contributed by atoms with Gasteiger partial charge >= 0.3 is 0 Å². The van der Waals surface area contributed by atoms with Crippen molar-refractivity contribution in [2.75, 3.05) is 13.6 Å². The van der Waals surface area contributed by atoms with Crippen molar-refractivity contribution in [2.24, 2.45) is 0 Å². The van der Waals surface area contributed by atoms with E-state index in [1.807, 2.05) is 7.05 Å². The van der Waals surface area contributed by atoms with Crippen LogP contribution in [0.2, 0.25) is 10.0 Å². The number of nitrogens with zero attached hydrogens (tertiary/aromatic N) is 2. The van der Waals surface area contributed by atoms with E-state index >= 15 is 0 Å². The predicted octanol–water partition coefficient (Wildman–Crippen LogP) is 2.81. The highest BCUT2D eigenvalue weighted by molar-refractivity contribution is 6.42. The number of nitrogens with one attached hydrogen (secondary N) is 1. The zero-order valence-corrected chi connectivity index (χ0v) is 10.7. The van der Waals surface area contributed by atoms with Gasteiger partial charge < -0.3 is 9.73 Å². The molecular weight excluding hydrogens is 261 g/mol. The number of halogens is 2. The van der Waals surface area contributed by atoms with Crippen molar-refractivity contribution in [3.05, 3.63) is 34.1 Å². The van der Waals surface area contributed by atoms with Crippen LogP contribution in [0.4, 0.5) is 0 Å². The van der Waals surface area contributed by atoms with Crippen molar-refractivity contribution in [1.29, 1.82) is 0 Å². The Bertz CT molecular complexity index is 513. The number of hydrogen-bond acceptors (Lipinski definition) is 4. The Labute approximate surface area is 109 Å². The van der Waals surface area contributed by atoms with Crippen LogP contribution in [0.3, 0.4) is 0 Å². The van der Waals surface area contributed by atoms with E-state index in [1.54, 1.807) is 18.2 Å². The number of hydrogen-bond donors (Lipinski definition) is 1. The first-order chi connectivity index (χ1) is 8.20. The highest BCUT2D eigenvalue weighted by Gasteiger charge is 2.09. The largest absolute Gasteiger partial charge is 0.421 e. The molecule has 0 atom stereocenters. The lowest BCUT2D eigenvalue weighted by Gasteiger charge is -1.98. The normalized spacial score (nSPS) is 10.8. The molecule has 1 aromatic carbocycles. The quantitative estimate of drug-likeness (QED) is 0.929. The summed E-state index contributed by atoms with van der Waals surface area (Å²) in [7, 11) is 1.87. The first kappa shape index (κ1) is 12.4. The van der Waals surface area contributed by atoms with Gasteiger partial charge in [0.2, 0.25) is 11.8 Å². The summed E-state index contributed by atoms with van der Waals surface area (Å²) in [5.74, 6) is 1.05. The van der Waals surface area contributed by atoms with Gasteiger partial charge in [-0.05, 0) is 25.2 Å². The lowest BCUT2D eigenvalue weighted by molar-refractivity contribution is 0.500. The Kier molecular flexibility index (Phi) is 3.99. The predicted molar refractivity (Wildman–Crippen MR) is 67.4 cm³/mol. The number of benzene rings is 1. The Hall–Kier alpha value is -1.10. The van der Waals surface area contributed by atoms with Gasteiger partial charge in [0, 0.05) is 18.5 Å². The molecule has 0 aliphatic rings. The molecule has 6 heteroatoms. The molecule has 2 rings (SSSR count). The molecule has 0 fully saturated rings. The Morgan fingerprint density at radius 3 is 2.76 bits per heavy atom. The van der Waals surface area contributed by atoms with Gasteiger partial charge in [0.15, 0.2) is 0 Å². The van der Waals surface area contributed by atoms with E-state index in [0.29, 0.717) is 28.2 Å². The molecule has 0 aliphatic heterocycles. The molecule has 1 N–H and O–H groups in total. The fourth-order valence-corrected chi connectivity index (χ4v) is 1.63. The minimum absolute atomic E-state index is 0.453. The van der Waals surface area contributed by atoms with Gasteiger partial charge in [-0.25, -0.2) is 0 Å². The molecular formula is C11H11Cl2N3O. The lowest BCUT2D eigenvalue weighted by Crippen LogP contribution is -2.10. The van der Waals surface area contributed by atoms with Gasteiger partial charge in [-0.15, -0.1) is 10.2 Å². The minimum Gasteiger partial charge on any atom is -0.421 e. The zero-order valence-electron chi connectivity index (χ0n) is 9.20. The standard InChI is InChI=1S/C11H11Cl2N3O/c1-14-5-4-10-15-16-11(17-10)7-2-3-8(12)9(13)6-7/h2-3,6,14H,4-5H2,1H3. The molecule has 0 unspecified atom stereocenters. The van der Waals surface area contributed by atoms with E-state index in [1.165, 1.54) is 0 Å². The van der Waals surface area contributed by atoms with E-state index < -0.39 is 0 Å². The van der Waals surface area contributed by atoms with Crippen LogP contribution >= 0.6 is 23.2 Å². The lowest BCUT2D eigenvalue weighted by atomic mass is 10.2. The molecule has 1 heterocycles. The monoisotopic (exact) mass is 271 g/mol. The van der Waals surface area contributed by atoms with Crippen molar-refractivity contribution >= 4 is 23.2 Å². The van der Waals surface area contributed by atoms with Crippen molar-refractivity contribution in [3.63, 3.8) is 0 Å². The fourth-order valence-electron chi connectivity index (χ4n) is 1.33. The van der Waals surface area contributed by atoms with Gasteiger partial charge in [-0.3, -0.25) is 0 Å². The number of aromatic nitrogens is 2. The third kappa shape index (κ3) is 2.97. The first-order valence-corrected chi connectivity index (χ1v) is 5.88. The molecule has 17 heavy (non-hydrogen) atoms. The van der Waals surface area contributed by atoms with Crippen molar-refractivity contribution in [2.45, 2.75) is 6.42 Å². The summed E-state index contributed by atoms with van der Waals surface area (Å²) in [5, 5.41) is 11.9. The van der Waals surface area contributed by atoms with Gasteiger partial charge in [0.1, 0.15) is 0 Å². The van der Waals surface area contributed by atoms with Gasteiger partial charge in [0.25, 0.3) is 0 Å². The summed E-state index contributed by atoms with van der Waals surface area (Å²) in [4.78, 5) is 0. The Balaban J connectivity index is 2.21. The summed E-state index contributed by atoms with van der Waals surface area (Å²) in [6.45, 7) is 0.795.